The highest BCUT2D eigenvalue weighted by Crippen LogP contribution is 2.56. The molecule has 12 nitrogen and oxygen atoms in total. The number of fused-ring (bicyclic) bond motifs is 4. The molecule has 230 valence electrons. The van der Waals surface area contributed by atoms with Crippen molar-refractivity contribution in [1.82, 2.24) is 4.98 Å². The van der Waals surface area contributed by atoms with Gasteiger partial charge in [-0.2, -0.15) is 0 Å². The molecular formula is C33H22N2O10S. The first-order valence-corrected chi connectivity index (χ1v) is 14.4. The molecule has 13 heteroatoms. The van der Waals surface area contributed by atoms with E-state index in [4.69, 9.17) is 21.8 Å². The zero-order chi connectivity index (χ0) is 32.8. The number of allylic oxidation sites excluding steroid dienone is 4. The van der Waals surface area contributed by atoms with Gasteiger partial charge in [0, 0.05) is 28.3 Å². The molecule has 2 aromatic rings. The van der Waals surface area contributed by atoms with E-state index in [-0.39, 0.29) is 29.5 Å². The summed E-state index contributed by atoms with van der Waals surface area (Å²) in [6, 6.07) is 2.36. The summed E-state index contributed by atoms with van der Waals surface area (Å²) in [7, 11) is 2.45. The first-order valence-electron chi connectivity index (χ1n) is 14.0. The van der Waals surface area contributed by atoms with Crippen molar-refractivity contribution in [3.05, 3.63) is 125 Å². The number of nitrogens with zero attached hydrogens (tertiary/aromatic N) is 1. The first kappa shape index (κ1) is 29.0. The molecule has 0 unspecified atom stereocenters. The van der Waals surface area contributed by atoms with Gasteiger partial charge in [0.2, 0.25) is 16.3 Å². The third-order valence-electron chi connectivity index (χ3n) is 9.02. The Morgan fingerprint density at radius 3 is 2.30 bits per heavy atom. The smallest absolute Gasteiger partial charge is 0.260 e. The number of H-pyrrole nitrogens is 1. The van der Waals surface area contributed by atoms with E-state index in [1.807, 2.05) is 6.08 Å². The van der Waals surface area contributed by atoms with Crippen LogP contribution in [0.3, 0.4) is 0 Å². The van der Waals surface area contributed by atoms with Gasteiger partial charge in [-0.25, -0.2) is 0 Å². The number of thiocarbonyl (C=S) groups is 1. The number of phenolic OH excluding ortho intramolecular Hbond substituents is 1. The molecule has 0 saturated heterocycles. The molecule has 5 aliphatic rings. The summed E-state index contributed by atoms with van der Waals surface area (Å²) >= 11 is 5.69. The number of methoxy groups -OCH3 is 1. The summed E-state index contributed by atoms with van der Waals surface area (Å²) in [6.07, 6.45) is 7.01. The molecule has 1 aromatic heterocycles. The number of aromatic hydroxyl groups is 1. The molecule has 0 saturated carbocycles. The minimum atomic E-state index is -2.06. The number of pyridine rings is 1. The number of aliphatic hydroxyl groups is 2. The van der Waals surface area contributed by atoms with Gasteiger partial charge in [0.05, 0.1) is 45.3 Å². The zero-order valence-electron chi connectivity index (χ0n) is 24.1. The van der Waals surface area contributed by atoms with Crippen molar-refractivity contribution in [2.45, 2.75) is 24.7 Å². The van der Waals surface area contributed by atoms with Crippen molar-refractivity contribution in [2.75, 3.05) is 14.2 Å². The Bertz CT molecular complexity index is 2700. The maximum absolute atomic E-state index is 13.8. The van der Waals surface area contributed by atoms with Crippen LogP contribution in [0.4, 0.5) is 0 Å². The summed E-state index contributed by atoms with van der Waals surface area (Å²) < 4.78 is 4.93. The van der Waals surface area contributed by atoms with Crippen LogP contribution >= 0.6 is 12.2 Å². The average Bonchev–Trinajstić information content (AvgIpc) is 3.53. The van der Waals surface area contributed by atoms with Crippen LogP contribution in [0.5, 0.6) is 11.5 Å². The van der Waals surface area contributed by atoms with Gasteiger partial charge >= 0.3 is 0 Å². The van der Waals surface area contributed by atoms with Crippen LogP contribution in [0.1, 0.15) is 35.2 Å². The van der Waals surface area contributed by atoms with Crippen LogP contribution in [0.25, 0.3) is 27.9 Å². The minimum Gasteiger partial charge on any atom is -0.510 e. The Hall–Kier alpha value is -5.69. The number of hydrogen-bond donors (Lipinski definition) is 4. The monoisotopic (exact) mass is 638 g/mol. The summed E-state index contributed by atoms with van der Waals surface area (Å²) in [6.45, 7) is 0. The quantitative estimate of drug-likeness (QED) is 0.136. The molecule has 0 aliphatic heterocycles. The molecular weight excluding hydrogens is 616 g/mol. The maximum atomic E-state index is 13.8. The van der Waals surface area contributed by atoms with E-state index in [0.717, 1.165) is 13.2 Å². The molecule has 1 spiro atoms. The third-order valence-corrected chi connectivity index (χ3v) is 9.40. The zero-order valence-corrected chi connectivity index (χ0v) is 25.0. The van der Waals surface area contributed by atoms with E-state index in [1.54, 1.807) is 18.2 Å². The molecule has 0 radical (unpaired) electrons. The van der Waals surface area contributed by atoms with E-state index < -0.39 is 76.6 Å². The standard InChI is InChI=1S/C33H22N2O10S/c1-44-17-10-16(36)21-22(26(17)37)28(39)24-23(27(21)38)30(41)33(31(24)42)8-7-14-19(13-5-3-4-6-18(13)46)15-9-12(11-34-45-2)35-32(43)20(15)29(40)25(14)33/h3-5,9-11,40-42H,6-8H2,1-2H3,(H,35,43)/t33-/m0/s1. The van der Waals surface area contributed by atoms with Crippen LogP contribution in [0.15, 0.2) is 59.5 Å². The van der Waals surface area contributed by atoms with Crippen molar-refractivity contribution in [3.8, 4) is 11.5 Å². The van der Waals surface area contributed by atoms with Crippen molar-refractivity contribution in [1.29, 1.82) is 0 Å². The first-order chi connectivity index (χ1) is 22.0. The van der Waals surface area contributed by atoms with Crippen molar-refractivity contribution < 1.29 is 24.9 Å². The van der Waals surface area contributed by atoms with Crippen LogP contribution in [-0.4, -0.2) is 45.6 Å². The van der Waals surface area contributed by atoms with Gasteiger partial charge in [-0.3, -0.25) is 24.0 Å². The Kier molecular flexibility index (Phi) is 6.26. The number of benzene rings is 1. The number of phenols is 1. The van der Waals surface area contributed by atoms with Gasteiger partial charge in [0.1, 0.15) is 29.8 Å². The highest BCUT2D eigenvalue weighted by atomic mass is 32.1. The van der Waals surface area contributed by atoms with Gasteiger partial charge in [-0.05, 0) is 35.6 Å². The van der Waals surface area contributed by atoms with Crippen LogP contribution in [0.2, 0.25) is 0 Å². The van der Waals surface area contributed by atoms with Crippen LogP contribution in [-0.2, 0) is 16.7 Å². The molecule has 46 heavy (non-hydrogen) atoms. The molecule has 0 amide bonds. The van der Waals surface area contributed by atoms with E-state index in [9.17, 15) is 39.3 Å². The molecule has 1 aromatic carbocycles. The largest absolute Gasteiger partial charge is 0.510 e. The lowest BCUT2D eigenvalue weighted by atomic mass is 9.77. The number of rotatable bonds is 4. The number of aliphatic hydroxyl groups excluding tert-OH is 2. The highest BCUT2D eigenvalue weighted by Gasteiger charge is 2.54. The highest BCUT2D eigenvalue weighted by molar-refractivity contribution is 7.81. The van der Waals surface area contributed by atoms with Crippen LogP contribution < -0.4 is 42.4 Å². The van der Waals surface area contributed by atoms with Gasteiger partial charge in [-0.1, -0.05) is 35.6 Å². The van der Waals surface area contributed by atoms with Crippen molar-refractivity contribution in [3.63, 3.8) is 0 Å². The van der Waals surface area contributed by atoms with Crippen LogP contribution in [0, 0.1) is 10.4 Å². The predicted octanol–water partition coefficient (Wildman–Crippen LogP) is 0.207. The Morgan fingerprint density at radius 1 is 0.957 bits per heavy atom. The fraction of sp³-hybridized carbons (Fsp3) is 0.182. The number of aromatic amines is 1. The van der Waals surface area contributed by atoms with Crippen molar-refractivity contribution >= 4 is 51.2 Å². The van der Waals surface area contributed by atoms with Gasteiger partial charge in [-0.15, -0.1) is 0 Å². The van der Waals surface area contributed by atoms with E-state index in [1.165, 1.54) is 13.3 Å². The number of hydrogen-bond acceptors (Lipinski definition) is 12. The number of ether oxygens (including phenoxy) is 1. The van der Waals surface area contributed by atoms with E-state index in [2.05, 4.69) is 10.1 Å². The Balaban J connectivity index is 1.69. The predicted molar refractivity (Wildman–Crippen MR) is 172 cm³/mol. The Morgan fingerprint density at radius 2 is 1.65 bits per heavy atom. The third kappa shape index (κ3) is 3.51. The summed E-state index contributed by atoms with van der Waals surface area (Å²) in [5.74, 6) is -2.65. The SMILES string of the molecule is CON=Cc1cc2c(C3=CC=CCC3=S)c3c(c(O)c2c(=O)[nH]1)[C@@]1(CC3)C(O)=c2c(=O)c3c(=O)cc(OC)c(=O)c=3c(=O)c2=C1O. The lowest BCUT2D eigenvalue weighted by Crippen LogP contribution is -2.51. The molecule has 1 atom stereocenters. The molecule has 4 N–H and O–H groups in total. The maximum Gasteiger partial charge on any atom is 0.260 e. The molecule has 5 aliphatic carbocycles. The van der Waals surface area contributed by atoms with E-state index >= 15 is 0 Å². The summed E-state index contributed by atoms with van der Waals surface area (Å²) in [4.78, 5) is 75.1. The topological polar surface area (TPSA) is 193 Å². The number of oxime groups is 1. The summed E-state index contributed by atoms with van der Waals surface area (Å²) in [5, 5.41) is 36.5. The Labute approximate surface area is 261 Å². The number of nitrogens with one attached hydrogen (secondary N) is 1. The lowest BCUT2D eigenvalue weighted by molar-refractivity contribution is 0.215. The van der Waals surface area contributed by atoms with Crippen molar-refractivity contribution in [2.24, 2.45) is 5.16 Å². The van der Waals surface area contributed by atoms with Gasteiger partial charge < -0.3 is 29.9 Å². The van der Waals surface area contributed by atoms with Gasteiger partial charge in [0.15, 0.2) is 11.2 Å². The fourth-order valence-corrected chi connectivity index (χ4v) is 7.38. The normalized spacial score (nSPS) is 18.7. The minimum absolute atomic E-state index is 0.0869. The summed E-state index contributed by atoms with van der Waals surface area (Å²) in [5.41, 5.74) is -5.53. The second-order valence-corrected chi connectivity index (χ2v) is 11.6. The lowest BCUT2D eigenvalue weighted by Gasteiger charge is -2.28. The second-order valence-electron chi connectivity index (χ2n) is 11.1. The molecule has 0 bridgehead atoms. The van der Waals surface area contributed by atoms with E-state index in [0.29, 0.717) is 33.4 Å². The average molecular weight is 639 g/mol. The molecule has 1 heterocycles. The number of aromatic nitrogens is 1. The fourth-order valence-electron chi connectivity index (χ4n) is 7.12. The molecule has 0 fully saturated rings. The van der Waals surface area contributed by atoms with Gasteiger partial charge in [0.25, 0.3) is 5.56 Å². The molecule has 7 rings (SSSR count). The second kappa shape index (κ2) is 9.91.